The molecule has 6 nitrogen and oxygen atoms in total. The number of aliphatic hydroxyl groups excluding tert-OH is 1. The van der Waals surface area contributed by atoms with Gasteiger partial charge in [-0.05, 0) is 30.7 Å². The SMILES string of the molecule is Cc1cccc(Nc2cc(NCCO)c3noc4c3c2C(=O)c2ccccc2-4)c1. The highest BCUT2D eigenvalue weighted by atomic mass is 16.5. The number of nitrogens with zero attached hydrogens (tertiary/aromatic N) is 1. The summed E-state index contributed by atoms with van der Waals surface area (Å²) < 4.78 is 5.68. The van der Waals surface area contributed by atoms with Gasteiger partial charge in [-0.25, -0.2) is 0 Å². The van der Waals surface area contributed by atoms with Gasteiger partial charge >= 0.3 is 0 Å². The molecule has 0 amide bonds. The number of aromatic nitrogens is 1. The van der Waals surface area contributed by atoms with Crippen LogP contribution in [0.3, 0.4) is 0 Å². The molecule has 0 saturated heterocycles. The summed E-state index contributed by atoms with van der Waals surface area (Å²) in [4.78, 5) is 13.4. The van der Waals surface area contributed by atoms with E-state index in [0.29, 0.717) is 45.7 Å². The first kappa shape index (κ1) is 17.5. The molecule has 1 aromatic heterocycles. The van der Waals surface area contributed by atoms with Crippen molar-refractivity contribution < 1.29 is 14.4 Å². The van der Waals surface area contributed by atoms with Crippen LogP contribution in [0.2, 0.25) is 0 Å². The van der Waals surface area contributed by atoms with Crippen molar-refractivity contribution >= 4 is 33.7 Å². The van der Waals surface area contributed by atoms with Crippen LogP contribution in [-0.4, -0.2) is 29.2 Å². The van der Waals surface area contributed by atoms with Gasteiger partial charge in [0.1, 0.15) is 5.52 Å². The van der Waals surface area contributed by atoms with Gasteiger partial charge in [0.05, 0.1) is 28.9 Å². The van der Waals surface area contributed by atoms with Gasteiger partial charge in [-0.2, -0.15) is 0 Å². The smallest absolute Gasteiger partial charge is 0.196 e. The number of carbonyl (C=O) groups is 1. The van der Waals surface area contributed by atoms with E-state index in [1.54, 1.807) is 0 Å². The summed E-state index contributed by atoms with van der Waals surface area (Å²) in [6.07, 6.45) is 0. The van der Waals surface area contributed by atoms with Crippen LogP contribution in [0.1, 0.15) is 21.5 Å². The summed E-state index contributed by atoms with van der Waals surface area (Å²) in [5, 5.41) is 20.7. The molecule has 1 heterocycles. The minimum absolute atomic E-state index is 0.0175. The Hall–Kier alpha value is -3.64. The topological polar surface area (TPSA) is 87.4 Å². The van der Waals surface area contributed by atoms with Crippen LogP contribution >= 0.6 is 0 Å². The molecule has 5 rings (SSSR count). The van der Waals surface area contributed by atoms with Crippen molar-refractivity contribution in [3.05, 3.63) is 71.3 Å². The van der Waals surface area contributed by atoms with Crippen LogP contribution in [0.25, 0.3) is 22.2 Å². The molecule has 3 N–H and O–H groups in total. The fourth-order valence-corrected chi connectivity index (χ4v) is 3.86. The molecule has 0 bridgehead atoms. The second kappa shape index (κ2) is 6.76. The van der Waals surface area contributed by atoms with Crippen molar-refractivity contribution in [2.75, 3.05) is 23.8 Å². The van der Waals surface area contributed by atoms with E-state index >= 15 is 0 Å². The fourth-order valence-electron chi connectivity index (χ4n) is 3.86. The zero-order valence-corrected chi connectivity index (χ0v) is 15.8. The van der Waals surface area contributed by atoms with E-state index < -0.39 is 0 Å². The standard InChI is InChI=1S/C23H19N3O3/c1-13-5-4-6-14(11-13)25-17-12-18(24-9-10-27)21-20-19(17)22(28)15-7-2-3-8-16(15)23(20)29-26-21/h2-8,11-12,24-25,27H,9-10H2,1H3. The van der Waals surface area contributed by atoms with Crippen LogP contribution in [-0.2, 0) is 0 Å². The lowest BCUT2D eigenvalue weighted by molar-refractivity contribution is 0.104. The van der Waals surface area contributed by atoms with Gasteiger partial charge < -0.3 is 20.3 Å². The molecule has 0 atom stereocenters. The third kappa shape index (κ3) is 2.77. The number of nitrogens with one attached hydrogen (secondary N) is 2. The van der Waals surface area contributed by atoms with Gasteiger partial charge in [0, 0.05) is 23.4 Å². The molecule has 3 aromatic carbocycles. The summed E-state index contributed by atoms with van der Waals surface area (Å²) in [7, 11) is 0. The summed E-state index contributed by atoms with van der Waals surface area (Å²) in [5.41, 5.74) is 5.86. The molecular weight excluding hydrogens is 366 g/mol. The minimum Gasteiger partial charge on any atom is -0.395 e. The van der Waals surface area contributed by atoms with E-state index in [4.69, 9.17) is 4.52 Å². The number of fused-ring (bicyclic) bond motifs is 2. The van der Waals surface area contributed by atoms with E-state index in [9.17, 15) is 9.90 Å². The van der Waals surface area contributed by atoms with Crippen molar-refractivity contribution in [2.24, 2.45) is 0 Å². The maximum absolute atomic E-state index is 13.4. The summed E-state index contributed by atoms with van der Waals surface area (Å²) in [5.74, 6) is 0.523. The Bertz CT molecular complexity index is 1260. The Kier molecular flexibility index (Phi) is 4.07. The van der Waals surface area contributed by atoms with Crippen molar-refractivity contribution in [1.29, 1.82) is 0 Å². The van der Waals surface area contributed by atoms with Crippen LogP contribution < -0.4 is 10.6 Å². The van der Waals surface area contributed by atoms with E-state index in [1.165, 1.54) is 0 Å². The van der Waals surface area contributed by atoms with E-state index in [-0.39, 0.29) is 12.4 Å². The number of aliphatic hydroxyl groups is 1. The molecule has 1 aliphatic rings. The van der Waals surface area contributed by atoms with Gasteiger partial charge in [0.2, 0.25) is 0 Å². The summed E-state index contributed by atoms with van der Waals surface area (Å²) >= 11 is 0. The molecule has 4 aromatic rings. The number of benzene rings is 3. The van der Waals surface area contributed by atoms with Crippen molar-refractivity contribution in [3.8, 4) is 11.3 Å². The van der Waals surface area contributed by atoms with E-state index in [2.05, 4.69) is 15.8 Å². The van der Waals surface area contributed by atoms with Gasteiger partial charge in [-0.15, -0.1) is 0 Å². The maximum Gasteiger partial charge on any atom is 0.196 e. The first-order chi connectivity index (χ1) is 14.2. The fraction of sp³-hybridized carbons (Fsp3) is 0.130. The summed E-state index contributed by atoms with van der Waals surface area (Å²) in [6, 6.07) is 17.2. The molecule has 0 aliphatic heterocycles. The number of rotatable bonds is 5. The zero-order valence-electron chi connectivity index (χ0n) is 15.8. The Morgan fingerprint density at radius 3 is 2.66 bits per heavy atom. The molecule has 0 spiro atoms. The molecule has 0 fully saturated rings. The molecular formula is C23H19N3O3. The van der Waals surface area contributed by atoms with Crippen LogP contribution in [0.5, 0.6) is 0 Å². The molecule has 0 unspecified atom stereocenters. The minimum atomic E-state index is -0.0647. The van der Waals surface area contributed by atoms with Crippen molar-refractivity contribution in [2.45, 2.75) is 6.92 Å². The predicted octanol–water partition coefficient (Wildman–Crippen LogP) is 4.50. The normalized spacial score (nSPS) is 12.1. The second-order valence-corrected chi connectivity index (χ2v) is 7.10. The summed E-state index contributed by atoms with van der Waals surface area (Å²) in [6.45, 7) is 2.37. The van der Waals surface area contributed by atoms with Crippen LogP contribution in [0.15, 0.2) is 59.1 Å². The average molecular weight is 385 g/mol. The van der Waals surface area contributed by atoms with Crippen molar-refractivity contribution in [1.82, 2.24) is 5.16 Å². The monoisotopic (exact) mass is 385 g/mol. The van der Waals surface area contributed by atoms with E-state index in [0.717, 1.165) is 16.8 Å². The van der Waals surface area contributed by atoms with Crippen LogP contribution in [0.4, 0.5) is 17.1 Å². The average Bonchev–Trinajstić information content (AvgIpc) is 3.17. The first-order valence-electron chi connectivity index (χ1n) is 9.46. The number of anilines is 3. The Morgan fingerprint density at radius 1 is 1.03 bits per heavy atom. The lowest BCUT2D eigenvalue weighted by Crippen LogP contribution is -2.13. The highest BCUT2D eigenvalue weighted by molar-refractivity contribution is 6.28. The van der Waals surface area contributed by atoms with Crippen LogP contribution in [0, 0.1) is 6.92 Å². The third-order valence-electron chi connectivity index (χ3n) is 5.12. The Balaban J connectivity index is 1.77. The highest BCUT2D eigenvalue weighted by Gasteiger charge is 2.32. The number of aryl methyl sites for hydroxylation is 1. The Morgan fingerprint density at radius 2 is 1.86 bits per heavy atom. The van der Waals surface area contributed by atoms with E-state index in [1.807, 2.05) is 61.5 Å². The number of carbonyl (C=O) groups excluding carboxylic acids is 1. The number of ketones is 1. The van der Waals surface area contributed by atoms with Gasteiger partial charge in [0.25, 0.3) is 0 Å². The zero-order chi connectivity index (χ0) is 20.0. The second-order valence-electron chi connectivity index (χ2n) is 7.10. The quantitative estimate of drug-likeness (QED) is 0.413. The molecule has 144 valence electrons. The lowest BCUT2D eigenvalue weighted by atomic mass is 9.86. The molecule has 0 radical (unpaired) electrons. The molecule has 6 heteroatoms. The predicted molar refractivity (Wildman–Crippen MR) is 113 cm³/mol. The van der Waals surface area contributed by atoms with Crippen molar-refractivity contribution in [3.63, 3.8) is 0 Å². The Labute approximate surface area is 167 Å². The third-order valence-corrected chi connectivity index (χ3v) is 5.12. The largest absolute Gasteiger partial charge is 0.395 e. The highest BCUT2D eigenvalue weighted by Crippen LogP contribution is 2.45. The molecule has 29 heavy (non-hydrogen) atoms. The number of hydrogen-bond acceptors (Lipinski definition) is 6. The lowest BCUT2D eigenvalue weighted by Gasteiger charge is -2.20. The molecule has 0 saturated carbocycles. The first-order valence-corrected chi connectivity index (χ1v) is 9.46. The van der Waals surface area contributed by atoms with Gasteiger partial charge in [-0.1, -0.05) is 41.6 Å². The maximum atomic E-state index is 13.4. The number of hydrogen-bond donors (Lipinski definition) is 3. The molecule has 1 aliphatic carbocycles. The van der Waals surface area contributed by atoms with Gasteiger partial charge in [-0.3, -0.25) is 4.79 Å². The van der Waals surface area contributed by atoms with Gasteiger partial charge in [0.15, 0.2) is 11.5 Å².